The zero-order chi connectivity index (χ0) is 35.3. The Balaban J connectivity index is 1.48. The lowest BCUT2D eigenvalue weighted by atomic mass is 9.83. The van der Waals surface area contributed by atoms with Crippen molar-refractivity contribution < 1.29 is 52.1 Å². The molecule has 270 valence electrons. The number of nitrogens with two attached hydrogens (primary N) is 1. The molecule has 3 N–H and O–H groups in total. The van der Waals surface area contributed by atoms with Gasteiger partial charge in [0, 0.05) is 32.7 Å². The average Bonchev–Trinajstić information content (AvgIpc) is 3.09. The number of ether oxygens (including phenoxy) is 4. The molecule has 0 aromatic heterocycles. The summed E-state index contributed by atoms with van der Waals surface area (Å²) < 4.78 is 49.0. The Morgan fingerprint density at radius 2 is 1.22 bits per heavy atom. The van der Waals surface area contributed by atoms with Gasteiger partial charge in [0.05, 0.1) is 39.6 Å². The third-order valence-electron chi connectivity index (χ3n) is 7.79. The Morgan fingerprint density at radius 3 is 1.67 bits per heavy atom. The highest BCUT2D eigenvalue weighted by atomic mass is 31.2. The fourth-order valence-electron chi connectivity index (χ4n) is 5.23. The number of hydrogen-bond donors (Lipinski definition) is 2. The summed E-state index contributed by atoms with van der Waals surface area (Å²) in [6, 6.07) is 18.1. The molecule has 1 aliphatic carbocycles. The first-order chi connectivity index (χ1) is 23.7. The molecule has 1 atom stereocenters. The van der Waals surface area contributed by atoms with Crippen molar-refractivity contribution >= 4 is 32.0 Å². The van der Waals surface area contributed by atoms with Crippen LogP contribution in [-0.4, -0.2) is 87.0 Å². The molecule has 49 heavy (non-hydrogen) atoms. The van der Waals surface area contributed by atoms with Gasteiger partial charge >= 0.3 is 26.0 Å². The maximum absolute atomic E-state index is 13.7. The molecule has 0 spiro atoms. The Kier molecular flexibility index (Phi) is 17.5. The van der Waals surface area contributed by atoms with E-state index in [2.05, 4.69) is 4.76 Å². The van der Waals surface area contributed by atoms with E-state index in [-0.39, 0.29) is 64.4 Å². The molecule has 2 aromatic rings. The Bertz CT molecular complexity index is 1290. The second-order valence-electron chi connectivity index (χ2n) is 11.5. The first-order valence-corrected chi connectivity index (χ1v) is 18.0. The van der Waals surface area contributed by atoms with Crippen LogP contribution in [0.5, 0.6) is 0 Å². The van der Waals surface area contributed by atoms with Gasteiger partial charge in [0.25, 0.3) is 0 Å². The van der Waals surface area contributed by atoms with Crippen LogP contribution in [0.3, 0.4) is 0 Å². The van der Waals surface area contributed by atoms with Crippen LogP contribution in [0.25, 0.3) is 0 Å². The molecular weight excluding hydrogens is 657 g/mol. The SMILES string of the molecule is CN(C(N)=NP(=O)(OCCCOC(=O)OCCc1ccccc1)OCCCOC(=O)OCCc1ccccc1)C(C(=O)O)C1CCCCC1. The summed E-state index contributed by atoms with van der Waals surface area (Å²) >= 11 is 0. The van der Waals surface area contributed by atoms with Gasteiger partial charge in [-0.15, -0.1) is 4.76 Å². The Labute approximate surface area is 287 Å². The van der Waals surface area contributed by atoms with Gasteiger partial charge in [-0.2, -0.15) is 0 Å². The smallest absolute Gasteiger partial charge is 0.480 e. The molecule has 0 saturated heterocycles. The summed E-state index contributed by atoms with van der Waals surface area (Å²) in [5.74, 6) is -1.54. The summed E-state index contributed by atoms with van der Waals surface area (Å²) in [6.07, 6.45) is 3.96. The number of guanidine groups is 1. The second-order valence-corrected chi connectivity index (χ2v) is 13.1. The van der Waals surface area contributed by atoms with E-state index in [9.17, 15) is 24.1 Å². The zero-order valence-corrected chi connectivity index (χ0v) is 28.9. The fraction of sp³-hybridized carbons (Fsp3) is 0.529. The minimum absolute atomic E-state index is 0.0910. The molecule has 0 bridgehead atoms. The lowest BCUT2D eigenvalue weighted by Crippen LogP contribution is -2.50. The van der Waals surface area contributed by atoms with Crippen LogP contribution in [0.15, 0.2) is 65.4 Å². The van der Waals surface area contributed by atoms with Crippen molar-refractivity contribution in [3.8, 4) is 0 Å². The maximum Gasteiger partial charge on any atom is 0.508 e. The van der Waals surface area contributed by atoms with Gasteiger partial charge in [-0.3, -0.25) is 9.05 Å². The number of carbonyl (C=O) groups excluding carboxylic acids is 2. The topological polar surface area (TPSA) is 186 Å². The van der Waals surface area contributed by atoms with E-state index in [1.807, 2.05) is 60.7 Å². The van der Waals surface area contributed by atoms with Crippen molar-refractivity contribution in [1.29, 1.82) is 0 Å². The van der Waals surface area contributed by atoms with Crippen molar-refractivity contribution in [1.82, 2.24) is 4.90 Å². The van der Waals surface area contributed by atoms with Crippen LogP contribution >= 0.6 is 7.75 Å². The summed E-state index contributed by atoms with van der Waals surface area (Å²) in [7, 11) is -2.81. The number of aliphatic carboxylic acids is 1. The number of carboxylic acids is 1. The van der Waals surface area contributed by atoms with Gasteiger partial charge in [0.15, 0.2) is 0 Å². The van der Waals surface area contributed by atoms with E-state index in [0.29, 0.717) is 12.8 Å². The first kappa shape index (κ1) is 39.3. The van der Waals surface area contributed by atoms with Crippen LogP contribution in [-0.2, 0) is 50.2 Å². The van der Waals surface area contributed by atoms with Gasteiger partial charge in [0.2, 0.25) is 5.96 Å². The van der Waals surface area contributed by atoms with E-state index in [4.69, 9.17) is 33.7 Å². The van der Waals surface area contributed by atoms with Gasteiger partial charge in [-0.1, -0.05) is 79.9 Å². The zero-order valence-electron chi connectivity index (χ0n) is 28.0. The number of nitrogens with zero attached hydrogens (tertiary/aromatic N) is 2. The molecular formula is C34H48N3O11P. The van der Waals surface area contributed by atoms with Gasteiger partial charge < -0.3 is 34.7 Å². The normalized spacial score (nSPS) is 14.4. The molecule has 1 fully saturated rings. The maximum atomic E-state index is 13.7. The first-order valence-electron chi connectivity index (χ1n) is 16.5. The Hall–Kier alpha value is -4.13. The number of carboxylic acid groups (broad SMARTS) is 1. The highest BCUT2D eigenvalue weighted by molar-refractivity contribution is 7.52. The number of likely N-dealkylation sites (N-methyl/N-ethyl adjacent to an activating group) is 1. The predicted octanol–water partition coefficient (Wildman–Crippen LogP) is 5.98. The van der Waals surface area contributed by atoms with Crippen LogP contribution in [0, 0.1) is 5.92 Å². The largest absolute Gasteiger partial charge is 0.508 e. The predicted molar refractivity (Wildman–Crippen MR) is 181 cm³/mol. The molecule has 2 aromatic carbocycles. The summed E-state index contributed by atoms with van der Waals surface area (Å²) in [5.41, 5.74) is 8.21. The van der Waals surface area contributed by atoms with Gasteiger partial charge in [-0.25, -0.2) is 18.9 Å². The van der Waals surface area contributed by atoms with Crippen LogP contribution in [0.2, 0.25) is 0 Å². The van der Waals surface area contributed by atoms with Gasteiger partial charge in [0.1, 0.15) is 6.04 Å². The van der Waals surface area contributed by atoms with Crippen molar-refractivity contribution in [3.63, 3.8) is 0 Å². The minimum atomic E-state index is -4.29. The van der Waals surface area contributed by atoms with Crippen LogP contribution in [0.1, 0.15) is 56.1 Å². The molecule has 14 nitrogen and oxygen atoms in total. The number of hydrogen-bond acceptors (Lipinski definition) is 10. The van der Waals surface area contributed by atoms with E-state index >= 15 is 0 Å². The third kappa shape index (κ3) is 15.3. The molecule has 0 radical (unpaired) electrons. The van der Waals surface area contributed by atoms with E-state index in [0.717, 1.165) is 43.2 Å². The summed E-state index contributed by atoms with van der Waals surface area (Å²) in [4.78, 5) is 37.3. The molecule has 1 saturated carbocycles. The number of carbonyl (C=O) groups is 3. The molecule has 1 aliphatic rings. The van der Waals surface area contributed by atoms with Gasteiger partial charge in [-0.05, 0) is 29.9 Å². The number of benzene rings is 2. The fourth-order valence-corrected chi connectivity index (χ4v) is 6.53. The average molecular weight is 706 g/mol. The molecule has 3 rings (SSSR count). The van der Waals surface area contributed by atoms with Crippen molar-refractivity contribution in [2.75, 3.05) is 46.7 Å². The van der Waals surface area contributed by atoms with E-state index < -0.39 is 32.1 Å². The molecule has 0 aliphatic heterocycles. The summed E-state index contributed by atoms with van der Waals surface area (Å²) in [6.45, 7) is -0.262. The number of rotatable bonds is 20. The quantitative estimate of drug-likeness (QED) is 0.0539. The summed E-state index contributed by atoms with van der Waals surface area (Å²) in [5, 5.41) is 9.97. The van der Waals surface area contributed by atoms with Crippen LogP contribution < -0.4 is 5.73 Å². The van der Waals surface area contributed by atoms with Crippen molar-refractivity contribution in [2.45, 2.75) is 63.8 Å². The molecule has 0 amide bonds. The minimum Gasteiger partial charge on any atom is -0.480 e. The van der Waals surface area contributed by atoms with Crippen molar-refractivity contribution in [2.24, 2.45) is 16.4 Å². The second kappa shape index (κ2) is 21.8. The Morgan fingerprint density at radius 1 is 0.776 bits per heavy atom. The monoisotopic (exact) mass is 705 g/mol. The highest BCUT2D eigenvalue weighted by Crippen LogP contribution is 2.50. The van der Waals surface area contributed by atoms with Crippen molar-refractivity contribution in [3.05, 3.63) is 71.8 Å². The molecule has 1 unspecified atom stereocenters. The standard InChI is InChI=1S/C34H48N3O11P/c1-37(30(31(38)39)29-17-9-4-10-18-29)32(35)36-49(42,47-23-11-21-43-33(40)45-25-19-27-13-5-2-6-14-27)48-24-12-22-44-34(41)46-26-20-28-15-7-3-8-16-28/h2-3,5-8,13-16,29-30H,4,9-12,17-26H2,1H3,(H,38,39)(H2,35,36,42). The molecule has 15 heteroatoms. The lowest BCUT2D eigenvalue weighted by molar-refractivity contribution is -0.143. The lowest BCUT2D eigenvalue weighted by Gasteiger charge is -2.34. The molecule has 0 heterocycles. The van der Waals surface area contributed by atoms with E-state index in [1.165, 1.54) is 11.9 Å². The van der Waals surface area contributed by atoms with E-state index in [1.54, 1.807) is 0 Å². The third-order valence-corrected chi connectivity index (χ3v) is 9.25. The highest BCUT2D eigenvalue weighted by Gasteiger charge is 2.35. The van der Waals surface area contributed by atoms with Crippen LogP contribution in [0.4, 0.5) is 9.59 Å².